The van der Waals surface area contributed by atoms with E-state index in [1.54, 1.807) is 18.5 Å². The van der Waals surface area contributed by atoms with Crippen molar-refractivity contribution >= 4 is 39.7 Å². The van der Waals surface area contributed by atoms with Gasteiger partial charge in [-0.05, 0) is 41.5 Å². The fourth-order valence-corrected chi connectivity index (χ4v) is 3.30. The lowest BCUT2D eigenvalue weighted by Gasteiger charge is -2.10. The number of nitrogens with one attached hydrogen (secondary N) is 2. The Kier molecular flexibility index (Phi) is 3.59. The molecule has 0 spiro atoms. The normalized spacial score (nSPS) is 14.5. The van der Waals surface area contributed by atoms with Crippen LogP contribution in [0.25, 0.3) is 16.5 Å². The maximum absolute atomic E-state index is 12.3. The second kappa shape index (κ2) is 5.78. The van der Waals surface area contributed by atoms with Crippen LogP contribution in [0.3, 0.4) is 0 Å². The van der Waals surface area contributed by atoms with Crippen molar-refractivity contribution in [1.82, 2.24) is 9.97 Å². The highest BCUT2D eigenvalue weighted by molar-refractivity contribution is 6.31. The Hall–Kier alpha value is -2.63. The lowest BCUT2D eigenvalue weighted by Crippen LogP contribution is -2.11. The van der Waals surface area contributed by atoms with Gasteiger partial charge in [0.25, 0.3) is 0 Å². The molecule has 0 fully saturated rings. The van der Waals surface area contributed by atoms with Gasteiger partial charge in [0.05, 0.1) is 24.4 Å². The molecule has 5 nitrogen and oxygen atoms in total. The molecular weight excluding hydrogens is 326 g/mol. The summed E-state index contributed by atoms with van der Waals surface area (Å²) in [6, 6.07) is 9.22. The SMILES string of the molecule is O=C1CC(CO)=C(c2ccncc2)c2[nH]c3ccc(Cl)cc3c2N1. The van der Waals surface area contributed by atoms with Gasteiger partial charge in [-0.15, -0.1) is 0 Å². The van der Waals surface area contributed by atoms with Crippen LogP contribution in [0.2, 0.25) is 5.02 Å². The van der Waals surface area contributed by atoms with Crippen molar-refractivity contribution in [3.05, 3.63) is 64.6 Å². The van der Waals surface area contributed by atoms with Crippen LogP contribution in [-0.2, 0) is 4.79 Å². The van der Waals surface area contributed by atoms with E-state index in [2.05, 4.69) is 15.3 Å². The van der Waals surface area contributed by atoms with Crippen molar-refractivity contribution in [3.8, 4) is 0 Å². The van der Waals surface area contributed by atoms with Crippen molar-refractivity contribution in [1.29, 1.82) is 0 Å². The van der Waals surface area contributed by atoms with E-state index >= 15 is 0 Å². The standard InChI is InChI=1S/C18H14ClN3O2/c19-12-1-2-14-13(8-12)17-18(21-14)16(10-3-5-20-6-4-10)11(9-23)7-15(24)22-17/h1-6,8,21,23H,7,9H2,(H,22,24). The van der Waals surface area contributed by atoms with Gasteiger partial charge in [0.15, 0.2) is 0 Å². The molecule has 1 amide bonds. The molecule has 4 rings (SSSR count). The third-order valence-corrected chi connectivity index (χ3v) is 4.40. The van der Waals surface area contributed by atoms with Crippen molar-refractivity contribution in [2.75, 3.05) is 11.9 Å². The van der Waals surface area contributed by atoms with Crippen LogP contribution in [0, 0.1) is 0 Å². The van der Waals surface area contributed by atoms with Crippen LogP contribution in [-0.4, -0.2) is 27.6 Å². The molecule has 3 N–H and O–H groups in total. The van der Waals surface area contributed by atoms with Gasteiger partial charge in [-0.1, -0.05) is 11.6 Å². The van der Waals surface area contributed by atoms with E-state index in [4.69, 9.17) is 11.6 Å². The summed E-state index contributed by atoms with van der Waals surface area (Å²) in [5.41, 5.74) is 4.71. The number of aromatic nitrogens is 2. The highest BCUT2D eigenvalue weighted by Gasteiger charge is 2.25. The molecule has 1 aliphatic heterocycles. The number of hydrogen-bond donors (Lipinski definition) is 3. The first kappa shape index (κ1) is 14.9. The van der Waals surface area contributed by atoms with E-state index in [-0.39, 0.29) is 18.9 Å². The van der Waals surface area contributed by atoms with Crippen molar-refractivity contribution in [3.63, 3.8) is 0 Å². The van der Waals surface area contributed by atoms with E-state index in [1.807, 2.05) is 24.3 Å². The van der Waals surface area contributed by atoms with Crippen molar-refractivity contribution in [2.45, 2.75) is 6.42 Å². The molecule has 6 heteroatoms. The number of fused-ring (bicyclic) bond motifs is 3. The molecule has 24 heavy (non-hydrogen) atoms. The molecule has 2 aromatic heterocycles. The van der Waals surface area contributed by atoms with Gasteiger partial charge in [0, 0.05) is 33.9 Å². The average Bonchev–Trinajstić information content (AvgIpc) is 2.85. The van der Waals surface area contributed by atoms with Gasteiger partial charge in [-0.2, -0.15) is 0 Å². The van der Waals surface area contributed by atoms with Gasteiger partial charge in [-0.25, -0.2) is 0 Å². The zero-order chi connectivity index (χ0) is 16.7. The van der Waals surface area contributed by atoms with Gasteiger partial charge in [0.2, 0.25) is 5.91 Å². The number of rotatable bonds is 2. The van der Waals surface area contributed by atoms with E-state index < -0.39 is 0 Å². The molecule has 0 bridgehead atoms. The number of aromatic amines is 1. The van der Waals surface area contributed by atoms with Gasteiger partial charge in [-0.3, -0.25) is 9.78 Å². The lowest BCUT2D eigenvalue weighted by molar-refractivity contribution is -0.115. The second-order valence-electron chi connectivity index (χ2n) is 5.66. The number of halogens is 1. The molecular formula is C18H14ClN3O2. The maximum Gasteiger partial charge on any atom is 0.228 e. The molecule has 0 atom stereocenters. The first-order chi connectivity index (χ1) is 11.7. The number of amides is 1. The smallest absolute Gasteiger partial charge is 0.228 e. The van der Waals surface area contributed by atoms with E-state index in [9.17, 15) is 9.90 Å². The Morgan fingerprint density at radius 3 is 2.75 bits per heavy atom. The Morgan fingerprint density at radius 2 is 2.00 bits per heavy atom. The number of carbonyl (C=O) groups is 1. The Bertz CT molecular complexity index is 977. The molecule has 1 aromatic carbocycles. The molecule has 3 aromatic rings. The molecule has 0 saturated carbocycles. The van der Waals surface area contributed by atoms with Gasteiger partial charge < -0.3 is 15.4 Å². The predicted molar refractivity (Wildman–Crippen MR) is 93.9 cm³/mol. The minimum atomic E-state index is -0.194. The van der Waals surface area contributed by atoms with Crippen LogP contribution >= 0.6 is 11.6 Å². The topological polar surface area (TPSA) is 78.0 Å². The van der Waals surface area contributed by atoms with Crippen LogP contribution < -0.4 is 5.32 Å². The molecule has 0 aliphatic carbocycles. The number of pyridine rings is 1. The van der Waals surface area contributed by atoms with Gasteiger partial charge >= 0.3 is 0 Å². The Labute approximate surface area is 143 Å². The molecule has 1 aliphatic rings. The summed E-state index contributed by atoms with van der Waals surface area (Å²) in [6.45, 7) is -0.194. The Morgan fingerprint density at radius 1 is 1.21 bits per heavy atom. The fourth-order valence-electron chi connectivity index (χ4n) is 3.13. The summed E-state index contributed by atoms with van der Waals surface area (Å²) in [7, 11) is 0. The molecule has 0 radical (unpaired) electrons. The second-order valence-corrected chi connectivity index (χ2v) is 6.10. The number of aliphatic hydroxyl groups excluding tert-OH is 1. The number of carbonyl (C=O) groups excluding carboxylic acids is 1. The van der Waals surface area contributed by atoms with E-state index in [0.717, 1.165) is 27.7 Å². The summed E-state index contributed by atoms with van der Waals surface area (Å²) in [5, 5.41) is 14.2. The quantitative estimate of drug-likeness (QED) is 0.670. The highest BCUT2D eigenvalue weighted by atomic mass is 35.5. The largest absolute Gasteiger partial charge is 0.392 e. The number of aliphatic hydroxyl groups is 1. The molecule has 120 valence electrons. The fraction of sp³-hybridized carbons (Fsp3) is 0.111. The monoisotopic (exact) mass is 339 g/mol. The highest BCUT2D eigenvalue weighted by Crippen LogP contribution is 2.40. The minimum absolute atomic E-state index is 0.138. The van der Waals surface area contributed by atoms with Gasteiger partial charge in [0.1, 0.15) is 0 Å². The zero-order valence-corrected chi connectivity index (χ0v) is 13.4. The molecule has 0 unspecified atom stereocenters. The van der Waals surface area contributed by atoms with E-state index in [1.165, 1.54) is 0 Å². The van der Waals surface area contributed by atoms with Crippen molar-refractivity contribution in [2.24, 2.45) is 0 Å². The van der Waals surface area contributed by atoms with Crippen LogP contribution in [0.4, 0.5) is 5.69 Å². The first-order valence-corrected chi connectivity index (χ1v) is 7.90. The predicted octanol–water partition coefficient (Wildman–Crippen LogP) is 3.35. The summed E-state index contributed by atoms with van der Waals surface area (Å²) >= 11 is 6.12. The number of nitrogens with zero attached hydrogens (tertiary/aromatic N) is 1. The molecule has 3 heterocycles. The first-order valence-electron chi connectivity index (χ1n) is 7.52. The third-order valence-electron chi connectivity index (χ3n) is 4.16. The number of H-pyrrole nitrogens is 1. The average molecular weight is 340 g/mol. The van der Waals surface area contributed by atoms with Crippen LogP contribution in [0.1, 0.15) is 17.7 Å². The number of benzene rings is 1. The number of anilines is 1. The van der Waals surface area contributed by atoms with E-state index in [0.29, 0.717) is 16.3 Å². The van der Waals surface area contributed by atoms with Crippen LogP contribution in [0.15, 0.2) is 48.3 Å². The summed E-state index contributed by atoms with van der Waals surface area (Å²) in [5.74, 6) is -0.162. The summed E-state index contributed by atoms with van der Waals surface area (Å²) in [6.07, 6.45) is 3.52. The zero-order valence-electron chi connectivity index (χ0n) is 12.6. The minimum Gasteiger partial charge on any atom is -0.392 e. The van der Waals surface area contributed by atoms with Crippen molar-refractivity contribution < 1.29 is 9.90 Å². The molecule has 0 saturated heterocycles. The Balaban J connectivity index is 2.07. The van der Waals surface area contributed by atoms with Crippen LogP contribution in [0.5, 0.6) is 0 Å². The summed E-state index contributed by atoms with van der Waals surface area (Å²) < 4.78 is 0. The lowest BCUT2D eigenvalue weighted by atomic mass is 9.96. The summed E-state index contributed by atoms with van der Waals surface area (Å²) in [4.78, 5) is 19.7. The third kappa shape index (κ3) is 2.38. The number of hydrogen-bond acceptors (Lipinski definition) is 3. The maximum atomic E-state index is 12.3.